The van der Waals surface area contributed by atoms with E-state index >= 15 is 0 Å². The fourth-order valence-corrected chi connectivity index (χ4v) is 2.54. The molecule has 6 heteroatoms. The lowest BCUT2D eigenvalue weighted by Gasteiger charge is -2.05. The van der Waals surface area contributed by atoms with Crippen molar-refractivity contribution in [1.82, 2.24) is 15.3 Å². The summed E-state index contributed by atoms with van der Waals surface area (Å²) in [5, 5.41) is 1.48. The number of amides is 2. The number of thioether (sulfide) groups is 1. The lowest BCUT2D eigenvalue weighted by Crippen LogP contribution is -2.20. The zero-order chi connectivity index (χ0) is 11.8. The minimum atomic E-state index is -0.478. The van der Waals surface area contributed by atoms with Crippen LogP contribution in [0.3, 0.4) is 0 Å². The molecule has 5 nitrogen and oxygen atoms in total. The summed E-state index contributed by atoms with van der Waals surface area (Å²) in [5.41, 5.74) is 2.26. The van der Waals surface area contributed by atoms with Gasteiger partial charge in [-0.3, -0.25) is 24.9 Å². The van der Waals surface area contributed by atoms with Gasteiger partial charge in [0.1, 0.15) is 5.25 Å². The number of rotatable bonds is 1. The molecule has 1 aliphatic heterocycles. The molecule has 0 bridgehead atoms. The first-order valence-corrected chi connectivity index (χ1v) is 5.84. The van der Waals surface area contributed by atoms with Crippen molar-refractivity contribution in [1.29, 1.82) is 0 Å². The van der Waals surface area contributed by atoms with Crippen molar-refractivity contribution >= 4 is 33.9 Å². The molecule has 0 radical (unpaired) electrons. The third-order valence-electron chi connectivity index (χ3n) is 2.48. The highest BCUT2D eigenvalue weighted by molar-refractivity contribution is 8.15. The molecular weight excluding hydrogens is 238 g/mol. The van der Waals surface area contributed by atoms with Gasteiger partial charge in [0.05, 0.1) is 11.0 Å². The van der Waals surface area contributed by atoms with Gasteiger partial charge in [0.2, 0.25) is 5.91 Å². The van der Waals surface area contributed by atoms with Crippen LogP contribution in [0.2, 0.25) is 0 Å². The number of nitrogens with one attached hydrogen (secondary N) is 1. The number of imide groups is 1. The van der Waals surface area contributed by atoms with E-state index in [4.69, 9.17) is 0 Å². The summed E-state index contributed by atoms with van der Waals surface area (Å²) >= 11 is 0.988. The first-order chi connectivity index (χ1) is 8.24. The van der Waals surface area contributed by atoms with Gasteiger partial charge in [0.15, 0.2) is 0 Å². The van der Waals surface area contributed by atoms with Crippen LogP contribution in [-0.2, 0) is 4.79 Å². The number of carbonyl (C=O) groups is 2. The number of carbonyl (C=O) groups excluding carboxylic acids is 2. The maximum absolute atomic E-state index is 11.5. The van der Waals surface area contributed by atoms with Crippen LogP contribution in [0.4, 0.5) is 4.79 Å². The van der Waals surface area contributed by atoms with E-state index in [-0.39, 0.29) is 11.1 Å². The summed E-state index contributed by atoms with van der Waals surface area (Å²) in [4.78, 5) is 31.0. The average molecular weight is 245 g/mol. The monoisotopic (exact) mass is 245 g/mol. The van der Waals surface area contributed by atoms with Crippen LogP contribution < -0.4 is 5.32 Å². The molecular formula is C11H7N3O2S. The van der Waals surface area contributed by atoms with Gasteiger partial charge in [-0.2, -0.15) is 0 Å². The van der Waals surface area contributed by atoms with Crippen LogP contribution in [0, 0.1) is 0 Å². The molecule has 2 amide bonds. The number of hydrogen-bond donors (Lipinski definition) is 1. The largest absolute Gasteiger partial charge is 0.286 e. The van der Waals surface area contributed by atoms with Crippen LogP contribution in [0.1, 0.15) is 10.8 Å². The molecule has 2 aromatic rings. The van der Waals surface area contributed by atoms with E-state index in [0.29, 0.717) is 0 Å². The molecule has 1 N–H and O–H groups in total. The Morgan fingerprint density at radius 3 is 2.59 bits per heavy atom. The Morgan fingerprint density at radius 1 is 1.12 bits per heavy atom. The summed E-state index contributed by atoms with van der Waals surface area (Å²) in [6.07, 6.45) is 3.21. The topological polar surface area (TPSA) is 72.0 Å². The van der Waals surface area contributed by atoms with Crippen LogP contribution in [0.5, 0.6) is 0 Å². The zero-order valence-electron chi connectivity index (χ0n) is 8.58. The van der Waals surface area contributed by atoms with Crippen LogP contribution in [0.15, 0.2) is 30.6 Å². The van der Waals surface area contributed by atoms with E-state index in [0.717, 1.165) is 28.4 Å². The van der Waals surface area contributed by atoms with E-state index < -0.39 is 5.25 Å². The zero-order valence-corrected chi connectivity index (χ0v) is 9.40. The molecule has 0 aliphatic carbocycles. The molecule has 1 aromatic heterocycles. The Morgan fingerprint density at radius 2 is 1.88 bits per heavy atom. The van der Waals surface area contributed by atoms with Crippen molar-refractivity contribution in [2.45, 2.75) is 5.25 Å². The molecule has 2 heterocycles. The minimum Gasteiger partial charge on any atom is -0.286 e. The van der Waals surface area contributed by atoms with Crippen molar-refractivity contribution in [3.05, 3.63) is 36.2 Å². The number of hydrogen-bond acceptors (Lipinski definition) is 5. The summed E-state index contributed by atoms with van der Waals surface area (Å²) in [6, 6.07) is 5.39. The van der Waals surface area contributed by atoms with E-state index in [9.17, 15) is 9.59 Å². The Balaban J connectivity index is 2.06. The predicted molar refractivity (Wildman–Crippen MR) is 63.4 cm³/mol. The van der Waals surface area contributed by atoms with Gasteiger partial charge < -0.3 is 0 Å². The van der Waals surface area contributed by atoms with Gasteiger partial charge >= 0.3 is 0 Å². The second kappa shape index (κ2) is 3.81. The van der Waals surface area contributed by atoms with E-state index in [1.807, 2.05) is 0 Å². The molecule has 1 atom stereocenters. The van der Waals surface area contributed by atoms with Crippen LogP contribution >= 0.6 is 11.8 Å². The fraction of sp³-hybridized carbons (Fsp3) is 0.0909. The van der Waals surface area contributed by atoms with Crippen molar-refractivity contribution in [3.8, 4) is 0 Å². The van der Waals surface area contributed by atoms with Gasteiger partial charge in [-0.1, -0.05) is 6.07 Å². The van der Waals surface area contributed by atoms with Crippen LogP contribution in [0.25, 0.3) is 11.0 Å². The first kappa shape index (κ1) is 10.2. The quantitative estimate of drug-likeness (QED) is 0.827. The molecule has 0 spiro atoms. The maximum atomic E-state index is 11.5. The maximum Gasteiger partial charge on any atom is 0.286 e. The molecule has 3 rings (SSSR count). The van der Waals surface area contributed by atoms with Gasteiger partial charge in [-0.25, -0.2) is 0 Å². The Kier molecular flexibility index (Phi) is 2.29. The highest BCUT2D eigenvalue weighted by Crippen LogP contribution is 2.34. The minimum absolute atomic E-state index is 0.275. The molecule has 1 aromatic carbocycles. The second-order valence-electron chi connectivity index (χ2n) is 3.58. The smallest absolute Gasteiger partial charge is 0.286 e. The number of nitrogens with zero attached hydrogens (tertiary/aromatic N) is 2. The van der Waals surface area contributed by atoms with E-state index in [2.05, 4.69) is 15.3 Å². The van der Waals surface area contributed by atoms with E-state index in [1.165, 1.54) is 0 Å². The number of aromatic nitrogens is 2. The van der Waals surface area contributed by atoms with Gasteiger partial charge in [0, 0.05) is 12.4 Å². The van der Waals surface area contributed by atoms with Crippen LogP contribution in [-0.4, -0.2) is 21.1 Å². The summed E-state index contributed by atoms with van der Waals surface area (Å²) < 4.78 is 0. The third-order valence-corrected chi connectivity index (χ3v) is 3.52. The molecule has 0 saturated carbocycles. The molecule has 1 fully saturated rings. The molecule has 1 unspecified atom stereocenters. The Hall–Kier alpha value is -1.95. The van der Waals surface area contributed by atoms with Gasteiger partial charge in [0.25, 0.3) is 5.24 Å². The normalized spacial score (nSPS) is 19.6. The SMILES string of the molecule is O=C1NC(=O)C(c2ccc3nccnc3c2)S1. The summed E-state index contributed by atoms with van der Waals surface area (Å²) in [5.74, 6) is -0.275. The van der Waals surface area contributed by atoms with E-state index in [1.54, 1.807) is 30.6 Å². The Labute approximate surface area is 101 Å². The number of benzene rings is 1. The highest BCUT2D eigenvalue weighted by atomic mass is 32.2. The second-order valence-corrected chi connectivity index (χ2v) is 4.66. The van der Waals surface area contributed by atoms with Crippen molar-refractivity contribution in [2.24, 2.45) is 0 Å². The fourth-order valence-electron chi connectivity index (χ4n) is 1.72. The van der Waals surface area contributed by atoms with Crippen molar-refractivity contribution in [3.63, 3.8) is 0 Å². The average Bonchev–Trinajstić information content (AvgIpc) is 2.68. The Bertz CT molecular complexity index is 629. The lowest BCUT2D eigenvalue weighted by molar-refractivity contribution is -0.119. The molecule has 1 saturated heterocycles. The molecule has 17 heavy (non-hydrogen) atoms. The third kappa shape index (κ3) is 1.76. The van der Waals surface area contributed by atoms with Crippen molar-refractivity contribution in [2.75, 3.05) is 0 Å². The van der Waals surface area contributed by atoms with Gasteiger partial charge in [-0.15, -0.1) is 0 Å². The van der Waals surface area contributed by atoms with Crippen molar-refractivity contribution < 1.29 is 9.59 Å². The highest BCUT2D eigenvalue weighted by Gasteiger charge is 2.32. The lowest BCUT2D eigenvalue weighted by atomic mass is 10.1. The predicted octanol–water partition coefficient (Wildman–Crippen LogP) is 1.65. The van der Waals surface area contributed by atoms with Gasteiger partial charge in [-0.05, 0) is 29.5 Å². The molecule has 84 valence electrons. The molecule has 1 aliphatic rings. The standard InChI is InChI=1S/C11H7N3O2S/c15-10-9(17-11(16)14-10)6-1-2-7-8(5-6)13-4-3-12-7/h1-5,9H,(H,14,15,16). The summed E-state index contributed by atoms with van der Waals surface area (Å²) in [6.45, 7) is 0. The first-order valence-electron chi connectivity index (χ1n) is 4.96. The summed E-state index contributed by atoms with van der Waals surface area (Å²) in [7, 11) is 0. The number of fused-ring (bicyclic) bond motifs is 1.